The number of carbonyl (C=O) groups is 1. The molecular weight excluding hydrogens is 470 g/mol. The molecule has 0 spiro atoms. The first kappa shape index (κ1) is 24.2. The molecule has 4 rings (SSSR count). The average molecular weight is 496 g/mol. The lowest BCUT2D eigenvalue weighted by atomic mass is 10.1. The van der Waals surface area contributed by atoms with E-state index >= 15 is 0 Å². The van der Waals surface area contributed by atoms with Crippen LogP contribution in [0, 0.1) is 17.0 Å². The van der Waals surface area contributed by atoms with Crippen molar-refractivity contribution in [2.45, 2.75) is 31.2 Å². The highest BCUT2D eigenvalue weighted by Gasteiger charge is 2.35. The predicted molar refractivity (Wildman–Crippen MR) is 132 cm³/mol. The van der Waals surface area contributed by atoms with Crippen LogP contribution >= 0.6 is 0 Å². The molecule has 0 aromatic heterocycles. The van der Waals surface area contributed by atoms with Crippen molar-refractivity contribution in [1.82, 2.24) is 0 Å². The molecule has 1 atom stereocenters. The SMILES string of the molecule is COc1ccc(N(CC(=O)N2c3ccccc3CC2C)S(=O)(=O)c2ccc(C)c([N+](=O)[O-])c2)cc1. The molecule has 0 saturated heterocycles. The van der Waals surface area contributed by atoms with Crippen molar-refractivity contribution in [2.75, 3.05) is 22.9 Å². The van der Waals surface area contributed by atoms with Gasteiger partial charge in [0.15, 0.2) is 0 Å². The first-order valence-corrected chi connectivity index (χ1v) is 12.4. The van der Waals surface area contributed by atoms with Gasteiger partial charge < -0.3 is 9.64 Å². The quantitative estimate of drug-likeness (QED) is 0.361. The van der Waals surface area contributed by atoms with Crippen LogP contribution in [0.1, 0.15) is 18.1 Å². The number of sulfonamides is 1. The maximum absolute atomic E-state index is 13.8. The zero-order valence-electron chi connectivity index (χ0n) is 19.5. The molecule has 3 aromatic carbocycles. The van der Waals surface area contributed by atoms with Gasteiger partial charge in [-0.1, -0.05) is 24.3 Å². The number of hydrogen-bond donors (Lipinski definition) is 0. The highest BCUT2D eigenvalue weighted by molar-refractivity contribution is 7.92. The number of rotatable bonds is 7. The van der Waals surface area contributed by atoms with Crippen LogP contribution in [-0.4, -0.2) is 38.9 Å². The fourth-order valence-electron chi connectivity index (χ4n) is 4.28. The number of methoxy groups -OCH3 is 1. The molecule has 1 amide bonds. The molecule has 35 heavy (non-hydrogen) atoms. The Labute approximate surface area is 203 Å². The van der Waals surface area contributed by atoms with Crippen LogP contribution in [0.15, 0.2) is 71.6 Å². The lowest BCUT2D eigenvalue weighted by Crippen LogP contribution is -2.45. The monoisotopic (exact) mass is 495 g/mol. The van der Waals surface area contributed by atoms with Crippen LogP contribution in [0.2, 0.25) is 0 Å². The highest BCUT2D eigenvalue weighted by Crippen LogP contribution is 2.34. The Morgan fingerprint density at radius 3 is 2.49 bits per heavy atom. The summed E-state index contributed by atoms with van der Waals surface area (Å²) in [4.78, 5) is 25.7. The average Bonchev–Trinajstić information content (AvgIpc) is 3.18. The minimum atomic E-state index is -4.33. The molecule has 0 bridgehead atoms. The van der Waals surface area contributed by atoms with Crippen molar-refractivity contribution >= 4 is 33.0 Å². The number of carbonyl (C=O) groups excluding carboxylic acids is 1. The van der Waals surface area contributed by atoms with Gasteiger partial charge in [0, 0.05) is 23.4 Å². The molecule has 0 aliphatic carbocycles. The number of fused-ring (bicyclic) bond motifs is 1. The summed E-state index contributed by atoms with van der Waals surface area (Å²) in [5.74, 6) is 0.119. The molecule has 0 fully saturated rings. The summed E-state index contributed by atoms with van der Waals surface area (Å²) in [6, 6.07) is 17.4. The third-order valence-corrected chi connectivity index (χ3v) is 7.85. The van der Waals surface area contributed by atoms with Gasteiger partial charge in [-0.15, -0.1) is 0 Å². The zero-order valence-corrected chi connectivity index (χ0v) is 20.4. The van der Waals surface area contributed by atoms with Gasteiger partial charge in [0.2, 0.25) is 5.91 Å². The van der Waals surface area contributed by atoms with E-state index in [2.05, 4.69) is 0 Å². The Balaban J connectivity index is 1.77. The summed E-state index contributed by atoms with van der Waals surface area (Å²) in [5, 5.41) is 11.4. The molecule has 10 heteroatoms. The number of aryl methyl sites for hydroxylation is 1. The summed E-state index contributed by atoms with van der Waals surface area (Å²) in [7, 11) is -2.83. The fraction of sp³-hybridized carbons (Fsp3) is 0.240. The highest BCUT2D eigenvalue weighted by atomic mass is 32.2. The molecule has 0 N–H and O–H groups in total. The number of para-hydroxylation sites is 1. The van der Waals surface area contributed by atoms with Gasteiger partial charge in [0.05, 0.1) is 22.6 Å². The van der Waals surface area contributed by atoms with Gasteiger partial charge in [0.25, 0.3) is 15.7 Å². The summed E-state index contributed by atoms with van der Waals surface area (Å²) in [5.41, 5.74) is 2.03. The maximum Gasteiger partial charge on any atom is 0.273 e. The van der Waals surface area contributed by atoms with E-state index in [9.17, 15) is 23.3 Å². The number of anilines is 2. The van der Waals surface area contributed by atoms with E-state index in [0.717, 1.165) is 21.6 Å². The molecule has 1 heterocycles. The van der Waals surface area contributed by atoms with E-state index in [-0.39, 0.29) is 22.3 Å². The number of benzene rings is 3. The van der Waals surface area contributed by atoms with Gasteiger partial charge in [-0.25, -0.2) is 8.42 Å². The standard InChI is InChI=1S/C25H25N3O6S/c1-17-8-13-22(15-24(17)28(30)31)35(32,33)26(20-9-11-21(34-3)12-10-20)16-25(29)27-18(2)14-19-6-4-5-7-23(19)27/h4-13,15,18H,14,16H2,1-3H3. The second kappa shape index (κ2) is 9.38. The molecular formula is C25H25N3O6S. The molecule has 182 valence electrons. The van der Waals surface area contributed by atoms with E-state index < -0.39 is 27.4 Å². The number of nitro benzene ring substituents is 1. The second-order valence-electron chi connectivity index (χ2n) is 8.36. The van der Waals surface area contributed by atoms with E-state index in [4.69, 9.17) is 4.74 Å². The molecule has 1 unspecified atom stereocenters. The van der Waals surface area contributed by atoms with Gasteiger partial charge in [-0.2, -0.15) is 0 Å². The van der Waals surface area contributed by atoms with Gasteiger partial charge in [-0.05, 0) is 62.2 Å². The molecule has 0 saturated carbocycles. The number of hydrogen-bond acceptors (Lipinski definition) is 6. The number of nitro groups is 1. The van der Waals surface area contributed by atoms with Crippen LogP contribution in [-0.2, 0) is 21.2 Å². The van der Waals surface area contributed by atoms with Gasteiger partial charge in [-0.3, -0.25) is 19.2 Å². The number of nitrogens with zero attached hydrogens (tertiary/aromatic N) is 3. The summed E-state index contributed by atoms with van der Waals surface area (Å²) in [6.07, 6.45) is 0.668. The van der Waals surface area contributed by atoms with E-state index in [1.54, 1.807) is 17.0 Å². The molecule has 3 aromatic rings. The van der Waals surface area contributed by atoms with Crippen LogP contribution in [0.4, 0.5) is 17.1 Å². The van der Waals surface area contributed by atoms with Gasteiger partial charge >= 0.3 is 0 Å². The summed E-state index contributed by atoms with van der Waals surface area (Å²) in [6.45, 7) is 2.97. The van der Waals surface area contributed by atoms with Crippen molar-refractivity contribution in [1.29, 1.82) is 0 Å². The first-order valence-electron chi connectivity index (χ1n) is 10.9. The lowest BCUT2D eigenvalue weighted by molar-refractivity contribution is -0.385. The normalized spacial score (nSPS) is 14.9. The predicted octanol–water partition coefficient (Wildman–Crippen LogP) is 4.08. The minimum Gasteiger partial charge on any atom is -0.497 e. The Kier molecular flexibility index (Phi) is 6.49. The largest absolute Gasteiger partial charge is 0.497 e. The Morgan fingerprint density at radius 2 is 1.83 bits per heavy atom. The fourth-order valence-corrected chi connectivity index (χ4v) is 5.72. The molecule has 1 aliphatic heterocycles. The molecule has 9 nitrogen and oxygen atoms in total. The van der Waals surface area contributed by atoms with Crippen molar-refractivity contribution in [3.8, 4) is 5.75 Å². The summed E-state index contributed by atoms with van der Waals surface area (Å²) < 4.78 is 33.7. The number of ether oxygens (including phenoxy) is 1. The summed E-state index contributed by atoms with van der Waals surface area (Å²) >= 11 is 0. The van der Waals surface area contributed by atoms with Gasteiger partial charge in [0.1, 0.15) is 12.3 Å². The Morgan fingerprint density at radius 1 is 1.14 bits per heavy atom. The first-order chi connectivity index (χ1) is 16.6. The van der Waals surface area contributed by atoms with Crippen molar-refractivity contribution in [3.63, 3.8) is 0 Å². The zero-order chi connectivity index (χ0) is 25.3. The van der Waals surface area contributed by atoms with Crippen molar-refractivity contribution in [3.05, 3.63) is 88.0 Å². The number of amides is 1. The third kappa shape index (κ3) is 4.57. The molecule has 0 radical (unpaired) electrons. The topological polar surface area (TPSA) is 110 Å². The van der Waals surface area contributed by atoms with Crippen LogP contribution in [0.25, 0.3) is 0 Å². The maximum atomic E-state index is 13.8. The lowest BCUT2D eigenvalue weighted by Gasteiger charge is -2.29. The van der Waals surface area contributed by atoms with Crippen molar-refractivity contribution in [2.24, 2.45) is 0 Å². The smallest absolute Gasteiger partial charge is 0.273 e. The van der Waals surface area contributed by atoms with Crippen LogP contribution in [0.3, 0.4) is 0 Å². The van der Waals surface area contributed by atoms with E-state index in [1.807, 2.05) is 31.2 Å². The van der Waals surface area contributed by atoms with E-state index in [1.165, 1.54) is 38.3 Å². The van der Waals surface area contributed by atoms with Crippen molar-refractivity contribution < 1.29 is 22.9 Å². The third-order valence-electron chi connectivity index (χ3n) is 6.08. The second-order valence-corrected chi connectivity index (χ2v) is 10.2. The minimum absolute atomic E-state index is 0.138. The molecule has 1 aliphatic rings. The Bertz CT molecular complexity index is 1390. The van der Waals surface area contributed by atoms with Crippen LogP contribution < -0.4 is 13.9 Å². The van der Waals surface area contributed by atoms with E-state index in [0.29, 0.717) is 17.7 Å². The Hall–Kier alpha value is -3.92. The van der Waals surface area contributed by atoms with Crippen LogP contribution in [0.5, 0.6) is 5.75 Å².